The van der Waals surface area contributed by atoms with E-state index in [0.717, 1.165) is 31.6 Å². The van der Waals surface area contributed by atoms with Crippen LogP contribution in [0.2, 0.25) is 0 Å². The van der Waals surface area contributed by atoms with Crippen molar-refractivity contribution in [2.75, 3.05) is 13.2 Å². The van der Waals surface area contributed by atoms with Crippen LogP contribution >= 0.6 is 0 Å². The third-order valence-corrected chi connectivity index (χ3v) is 2.55. The Hall–Kier alpha value is -1.51. The first-order valence-electron chi connectivity index (χ1n) is 6.24. The molecule has 0 saturated carbocycles. The van der Waals surface area contributed by atoms with Gasteiger partial charge in [-0.25, -0.2) is 0 Å². The number of aryl methyl sites for hydroxylation is 1. The van der Waals surface area contributed by atoms with Gasteiger partial charge in [0.15, 0.2) is 6.61 Å². The van der Waals surface area contributed by atoms with Gasteiger partial charge in [0.25, 0.3) is 5.91 Å². The molecule has 1 N–H and O–H groups in total. The molecule has 0 heterocycles. The lowest BCUT2D eigenvalue weighted by Gasteiger charge is -2.07. The topological polar surface area (TPSA) is 38.3 Å². The number of nitrogens with one attached hydrogen (secondary N) is 1. The van der Waals surface area contributed by atoms with Crippen LogP contribution in [0, 0.1) is 0 Å². The van der Waals surface area contributed by atoms with E-state index < -0.39 is 0 Å². The zero-order chi connectivity index (χ0) is 12.5. The van der Waals surface area contributed by atoms with E-state index in [9.17, 15) is 4.79 Å². The number of amides is 1. The van der Waals surface area contributed by atoms with Crippen molar-refractivity contribution >= 4 is 5.91 Å². The number of hydrogen-bond acceptors (Lipinski definition) is 2. The summed E-state index contributed by atoms with van der Waals surface area (Å²) in [5, 5.41) is 2.81. The zero-order valence-corrected chi connectivity index (χ0v) is 10.7. The maximum atomic E-state index is 11.4. The molecule has 0 aliphatic rings. The average molecular weight is 235 g/mol. The van der Waals surface area contributed by atoms with Crippen LogP contribution in [0.3, 0.4) is 0 Å². The molecule has 0 aromatic heterocycles. The van der Waals surface area contributed by atoms with Crippen LogP contribution in [0.1, 0.15) is 32.3 Å². The van der Waals surface area contributed by atoms with Crippen molar-refractivity contribution in [2.24, 2.45) is 0 Å². The minimum absolute atomic E-state index is 0.0574. The van der Waals surface area contributed by atoms with Crippen LogP contribution in [0.15, 0.2) is 24.3 Å². The van der Waals surface area contributed by atoms with E-state index in [0.29, 0.717) is 0 Å². The molecule has 0 fully saturated rings. The fourth-order valence-electron chi connectivity index (χ4n) is 1.43. The Kier molecular flexibility index (Phi) is 6.15. The molecule has 1 rings (SSSR count). The molecule has 0 aliphatic carbocycles. The molecule has 0 unspecified atom stereocenters. The first kappa shape index (κ1) is 13.6. The largest absolute Gasteiger partial charge is 0.484 e. The van der Waals surface area contributed by atoms with Gasteiger partial charge >= 0.3 is 0 Å². The highest BCUT2D eigenvalue weighted by Gasteiger charge is 2.01. The van der Waals surface area contributed by atoms with E-state index in [4.69, 9.17) is 4.74 Å². The van der Waals surface area contributed by atoms with Crippen LogP contribution in [0.5, 0.6) is 5.75 Å². The van der Waals surface area contributed by atoms with Crippen LogP contribution < -0.4 is 10.1 Å². The van der Waals surface area contributed by atoms with Gasteiger partial charge in [0.2, 0.25) is 0 Å². The normalized spacial score (nSPS) is 10.0. The number of carbonyl (C=O) groups is 1. The van der Waals surface area contributed by atoms with Gasteiger partial charge in [-0.3, -0.25) is 4.79 Å². The third-order valence-electron chi connectivity index (χ3n) is 2.55. The molecule has 0 bridgehead atoms. The van der Waals surface area contributed by atoms with Gasteiger partial charge in [-0.05, 0) is 30.5 Å². The Bertz CT molecular complexity index is 333. The molecule has 0 atom stereocenters. The van der Waals surface area contributed by atoms with E-state index in [-0.39, 0.29) is 12.5 Å². The monoisotopic (exact) mass is 235 g/mol. The van der Waals surface area contributed by atoms with Crippen LogP contribution in [-0.2, 0) is 11.2 Å². The van der Waals surface area contributed by atoms with Crippen molar-refractivity contribution in [3.63, 3.8) is 0 Å². The number of benzene rings is 1. The molecule has 3 nitrogen and oxygen atoms in total. The first-order valence-corrected chi connectivity index (χ1v) is 6.24. The van der Waals surface area contributed by atoms with Crippen molar-refractivity contribution in [3.05, 3.63) is 29.8 Å². The molecule has 1 aromatic carbocycles. The molecule has 0 radical (unpaired) electrons. The summed E-state index contributed by atoms with van der Waals surface area (Å²) in [5.41, 5.74) is 1.27. The number of rotatable bonds is 7. The maximum absolute atomic E-state index is 11.4. The number of hydrogen-bond donors (Lipinski definition) is 1. The van der Waals surface area contributed by atoms with Gasteiger partial charge in [-0.15, -0.1) is 0 Å². The molecule has 17 heavy (non-hydrogen) atoms. The van der Waals surface area contributed by atoms with E-state index in [2.05, 4.69) is 19.2 Å². The van der Waals surface area contributed by atoms with Crippen molar-refractivity contribution in [3.8, 4) is 5.75 Å². The second-order valence-electron chi connectivity index (χ2n) is 3.99. The molecule has 94 valence electrons. The molecule has 0 spiro atoms. The first-order chi connectivity index (χ1) is 8.26. The van der Waals surface area contributed by atoms with Crippen molar-refractivity contribution in [1.29, 1.82) is 0 Å². The van der Waals surface area contributed by atoms with E-state index in [1.807, 2.05) is 24.3 Å². The van der Waals surface area contributed by atoms with Gasteiger partial charge in [0.1, 0.15) is 5.75 Å². The summed E-state index contributed by atoms with van der Waals surface area (Å²) in [6.45, 7) is 5.03. The summed E-state index contributed by atoms with van der Waals surface area (Å²) in [6.07, 6.45) is 3.11. The van der Waals surface area contributed by atoms with Gasteiger partial charge in [-0.2, -0.15) is 0 Å². The van der Waals surface area contributed by atoms with Gasteiger partial charge in [-0.1, -0.05) is 32.4 Å². The Balaban J connectivity index is 2.27. The predicted molar refractivity (Wildman–Crippen MR) is 69.2 cm³/mol. The van der Waals surface area contributed by atoms with Crippen molar-refractivity contribution in [2.45, 2.75) is 33.1 Å². The third kappa shape index (κ3) is 5.38. The summed E-state index contributed by atoms with van der Waals surface area (Å²) < 4.78 is 5.39. The standard InChI is InChI=1S/C14H21NO2/c1-3-5-10-15-14(16)11-17-13-8-6-12(4-2)7-9-13/h6-9H,3-5,10-11H2,1-2H3,(H,15,16). The van der Waals surface area contributed by atoms with Crippen LogP contribution in [-0.4, -0.2) is 19.1 Å². The highest BCUT2D eigenvalue weighted by Crippen LogP contribution is 2.12. The fourth-order valence-corrected chi connectivity index (χ4v) is 1.43. The maximum Gasteiger partial charge on any atom is 0.257 e. The molecular weight excluding hydrogens is 214 g/mol. The Morgan fingerprint density at radius 2 is 1.94 bits per heavy atom. The number of carbonyl (C=O) groups excluding carboxylic acids is 1. The Morgan fingerprint density at radius 3 is 2.53 bits per heavy atom. The molecule has 3 heteroatoms. The lowest BCUT2D eigenvalue weighted by atomic mass is 10.2. The fraction of sp³-hybridized carbons (Fsp3) is 0.500. The molecule has 0 saturated heterocycles. The summed E-state index contributed by atoms with van der Waals surface area (Å²) >= 11 is 0. The van der Waals surface area contributed by atoms with Crippen molar-refractivity contribution in [1.82, 2.24) is 5.32 Å². The SMILES string of the molecule is CCCCNC(=O)COc1ccc(CC)cc1. The van der Waals surface area contributed by atoms with Gasteiger partial charge in [0, 0.05) is 6.54 Å². The summed E-state index contributed by atoms with van der Waals surface area (Å²) in [5.74, 6) is 0.686. The molecular formula is C14H21NO2. The highest BCUT2D eigenvalue weighted by molar-refractivity contribution is 5.77. The second-order valence-corrected chi connectivity index (χ2v) is 3.99. The predicted octanol–water partition coefficient (Wildman–Crippen LogP) is 2.54. The zero-order valence-electron chi connectivity index (χ0n) is 10.7. The minimum Gasteiger partial charge on any atom is -0.484 e. The lowest BCUT2D eigenvalue weighted by Crippen LogP contribution is -2.29. The van der Waals surface area contributed by atoms with Gasteiger partial charge < -0.3 is 10.1 Å². The van der Waals surface area contributed by atoms with Gasteiger partial charge in [0.05, 0.1) is 0 Å². The number of unbranched alkanes of at least 4 members (excludes halogenated alkanes) is 1. The molecule has 1 aromatic rings. The van der Waals surface area contributed by atoms with E-state index >= 15 is 0 Å². The molecule has 1 amide bonds. The Labute approximate surface area is 103 Å². The summed E-state index contributed by atoms with van der Waals surface area (Å²) in [6, 6.07) is 7.84. The lowest BCUT2D eigenvalue weighted by molar-refractivity contribution is -0.123. The Morgan fingerprint density at radius 1 is 1.24 bits per heavy atom. The highest BCUT2D eigenvalue weighted by atomic mass is 16.5. The van der Waals surface area contributed by atoms with Crippen LogP contribution in [0.4, 0.5) is 0 Å². The van der Waals surface area contributed by atoms with Crippen molar-refractivity contribution < 1.29 is 9.53 Å². The summed E-state index contributed by atoms with van der Waals surface area (Å²) in [4.78, 5) is 11.4. The summed E-state index contributed by atoms with van der Waals surface area (Å²) in [7, 11) is 0. The average Bonchev–Trinajstić information content (AvgIpc) is 2.37. The second kappa shape index (κ2) is 7.71. The smallest absolute Gasteiger partial charge is 0.257 e. The number of ether oxygens (including phenoxy) is 1. The van der Waals surface area contributed by atoms with E-state index in [1.165, 1.54) is 5.56 Å². The molecule has 0 aliphatic heterocycles. The van der Waals surface area contributed by atoms with E-state index in [1.54, 1.807) is 0 Å². The quantitative estimate of drug-likeness (QED) is 0.738. The minimum atomic E-state index is -0.0574. The van der Waals surface area contributed by atoms with Crippen LogP contribution in [0.25, 0.3) is 0 Å².